The molecule has 3 heteroatoms. The fraction of sp³-hybridized carbons (Fsp3) is 0.667. The Labute approximate surface area is 72.4 Å². The van der Waals surface area contributed by atoms with Gasteiger partial charge in [0.25, 0.3) is 0 Å². The van der Waals surface area contributed by atoms with Gasteiger partial charge in [0.1, 0.15) is 6.10 Å². The van der Waals surface area contributed by atoms with Crippen molar-refractivity contribution in [3.63, 3.8) is 0 Å². The van der Waals surface area contributed by atoms with Crippen molar-refractivity contribution in [3.8, 4) is 0 Å². The van der Waals surface area contributed by atoms with E-state index in [0.29, 0.717) is 13.2 Å². The van der Waals surface area contributed by atoms with Gasteiger partial charge in [0.15, 0.2) is 0 Å². The lowest BCUT2D eigenvalue weighted by atomic mass is 10.3. The van der Waals surface area contributed by atoms with Gasteiger partial charge in [0.05, 0.1) is 13.2 Å². The minimum atomic E-state index is -0.259. The van der Waals surface area contributed by atoms with Crippen LogP contribution in [-0.2, 0) is 14.3 Å². The van der Waals surface area contributed by atoms with Crippen LogP contribution in [-0.4, -0.2) is 25.3 Å². The van der Waals surface area contributed by atoms with Crippen molar-refractivity contribution >= 4 is 5.97 Å². The molecule has 0 aromatic rings. The summed E-state index contributed by atoms with van der Waals surface area (Å²) in [6.07, 6.45) is 2.29. The van der Waals surface area contributed by atoms with Gasteiger partial charge in [-0.1, -0.05) is 5.57 Å². The SMILES string of the molecule is CC(C)=CC(=O)OC1CCOC1. The zero-order valence-electron chi connectivity index (χ0n) is 7.50. The van der Waals surface area contributed by atoms with Gasteiger partial charge in [0, 0.05) is 12.5 Å². The smallest absolute Gasteiger partial charge is 0.331 e. The van der Waals surface area contributed by atoms with Crippen LogP contribution >= 0.6 is 0 Å². The molecular formula is C9H14O3. The number of rotatable bonds is 2. The summed E-state index contributed by atoms with van der Waals surface area (Å²) in [5.74, 6) is -0.259. The maximum atomic E-state index is 11.1. The van der Waals surface area contributed by atoms with E-state index in [2.05, 4.69) is 0 Å². The zero-order chi connectivity index (χ0) is 8.97. The van der Waals surface area contributed by atoms with Crippen molar-refractivity contribution in [2.75, 3.05) is 13.2 Å². The molecule has 1 saturated heterocycles. The summed E-state index contributed by atoms with van der Waals surface area (Å²) in [6.45, 7) is 4.98. The highest BCUT2D eigenvalue weighted by atomic mass is 16.6. The van der Waals surface area contributed by atoms with E-state index in [-0.39, 0.29) is 12.1 Å². The highest BCUT2D eigenvalue weighted by Gasteiger charge is 2.18. The quantitative estimate of drug-likeness (QED) is 0.462. The van der Waals surface area contributed by atoms with Crippen LogP contribution in [0.15, 0.2) is 11.6 Å². The summed E-state index contributed by atoms with van der Waals surface area (Å²) < 4.78 is 10.1. The molecule has 0 spiro atoms. The molecule has 1 rings (SSSR count). The Morgan fingerprint density at radius 2 is 2.33 bits per heavy atom. The van der Waals surface area contributed by atoms with Gasteiger partial charge in [-0.2, -0.15) is 0 Å². The third kappa shape index (κ3) is 3.05. The molecule has 1 unspecified atom stereocenters. The number of carbonyl (C=O) groups is 1. The molecule has 68 valence electrons. The average molecular weight is 170 g/mol. The van der Waals surface area contributed by atoms with Crippen LogP contribution in [0.25, 0.3) is 0 Å². The van der Waals surface area contributed by atoms with Crippen molar-refractivity contribution in [1.82, 2.24) is 0 Å². The van der Waals surface area contributed by atoms with E-state index in [4.69, 9.17) is 9.47 Å². The van der Waals surface area contributed by atoms with Crippen molar-refractivity contribution in [3.05, 3.63) is 11.6 Å². The summed E-state index contributed by atoms with van der Waals surface area (Å²) >= 11 is 0. The van der Waals surface area contributed by atoms with Crippen molar-refractivity contribution in [2.24, 2.45) is 0 Å². The Morgan fingerprint density at radius 3 is 2.83 bits per heavy atom. The zero-order valence-corrected chi connectivity index (χ0v) is 7.50. The summed E-state index contributed by atoms with van der Waals surface area (Å²) in [4.78, 5) is 11.1. The Morgan fingerprint density at radius 1 is 1.58 bits per heavy atom. The molecule has 0 amide bonds. The van der Waals surface area contributed by atoms with Gasteiger partial charge in [-0.15, -0.1) is 0 Å². The molecule has 0 aromatic heterocycles. The molecule has 1 aliphatic heterocycles. The molecule has 0 radical (unpaired) electrons. The third-order valence-electron chi connectivity index (χ3n) is 1.58. The van der Waals surface area contributed by atoms with Crippen LogP contribution in [0.4, 0.5) is 0 Å². The minimum Gasteiger partial charge on any atom is -0.457 e. The largest absolute Gasteiger partial charge is 0.457 e. The van der Waals surface area contributed by atoms with Crippen LogP contribution in [0.1, 0.15) is 20.3 Å². The maximum Gasteiger partial charge on any atom is 0.331 e. The first kappa shape index (κ1) is 9.26. The van der Waals surface area contributed by atoms with Crippen molar-refractivity contribution in [1.29, 1.82) is 0 Å². The van der Waals surface area contributed by atoms with Crippen LogP contribution in [0.5, 0.6) is 0 Å². The second-order valence-electron chi connectivity index (χ2n) is 3.14. The number of allylic oxidation sites excluding steroid dienone is 1. The van der Waals surface area contributed by atoms with E-state index in [1.807, 2.05) is 13.8 Å². The van der Waals surface area contributed by atoms with Gasteiger partial charge < -0.3 is 9.47 Å². The Bertz CT molecular complexity index is 186. The second-order valence-corrected chi connectivity index (χ2v) is 3.14. The predicted octanol–water partition coefficient (Wildman–Crippen LogP) is 1.28. The van der Waals surface area contributed by atoms with E-state index in [9.17, 15) is 4.79 Å². The number of carbonyl (C=O) groups excluding carboxylic acids is 1. The predicted molar refractivity (Wildman–Crippen MR) is 44.7 cm³/mol. The molecule has 1 fully saturated rings. The molecule has 1 aliphatic rings. The van der Waals surface area contributed by atoms with Crippen LogP contribution < -0.4 is 0 Å². The van der Waals surface area contributed by atoms with Gasteiger partial charge in [-0.25, -0.2) is 4.79 Å². The van der Waals surface area contributed by atoms with E-state index >= 15 is 0 Å². The summed E-state index contributed by atoms with van der Waals surface area (Å²) in [5.41, 5.74) is 0.957. The Balaban J connectivity index is 2.30. The molecule has 0 N–H and O–H groups in total. The van der Waals surface area contributed by atoms with E-state index in [1.165, 1.54) is 6.08 Å². The topological polar surface area (TPSA) is 35.5 Å². The van der Waals surface area contributed by atoms with Crippen LogP contribution in [0.2, 0.25) is 0 Å². The summed E-state index contributed by atoms with van der Waals surface area (Å²) in [5, 5.41) is 0. The average Bonchev–Trinajstić information content (AvgIpc) is 2.37. The highest BCUT2D eigenvalue weighted by molar-refractivity contribution is 5.82. The maximum absolute atomic E-state index is 11.1. The standard InChI is InChI=1S/C9H14O3/c1-7(2)5-9(10)12-8-3-4-11-6-8/h5,8H,3-4,6H2,1-2H3. The van der Waals surface area contributed by atoms with Crippen LogP contribution in [0.3, 0.4) is 0 Å². The molecule has 3 nitrogen and oxygen atoms in total. The molecule has 1 atom stereocenters. The number of hydrogen-bond donors (Lipinski definition) is 0. The third-order valence-corrected chi connectivity index (χ3v) is 1.58. The van der Waals surface area contributed by atoms with Crippen molar-refractivity contribution in [2.45, 2.75) is 26.4 Å². The molecule has 0 bridgehead atoms. The number of ether oxygens (including phenoxy) is 2. The van der Waals surface area contributed by atoms with E-state index < -0.39 is 0 Å². The monoisotopic (exact) mass is 170 g/mol. The lowest BCUT2D eigenvalue weighted by molar-refractivity contribution is -0.142. The first-order valence-corrected chi connectivity index (χ1v) is 4.12. The van der Waals surface area contributed by atoms with Gasteiger partial charge in [0.2, 0.25) is 0 Å². The van der Waals surface area contributed by atoms with Crippen LogP contribution in [0, 0.1) is 0 Å². The van der Waals surface area contributed by atoms with Gasteiger partial charge >= 0.3 is 5.97 Å². The van der Waals surface area contributed by atoms with E-state index in [1.54, 1.807) is 0 Å². The molecule has 0 saturated carbocycles. The highest BCUT2D eigenvalue weighted by Crippen LogP contribution is 2.08. The molecule has 0 aliphatic carbocycles. The van der Waals surface area contributed by atoms with Gasteiger partial charge in [-0.05, 0) is 13.8 Å². The van der Waals surface area contributed by atoms with E-state index in [0.717, 1.165) is 12.0 Å². The Hall–Kier alpha value is -0.830. The number of hydrogen-bond acceptors (Lipinski definition) is 3. The second kappa shape index (κ2) is 4.26. The Kier molecular flexibility index (Phi) is 3.29. The minimum absolute atomic E-state index is 0.0342. The number of esters is 1. The normalized spacial score (nSPS) is 22.0. The fourth-order valence-electron chi connectivity index (χ4n) is 1.04. The summed E-state index contributed by atoms with van der Waals surface area (Å²) in [7, 11) is 0. The first-order chi connectivity index (χ1) is 5.68. The van der Waals surface area contributed by atoms with Crippen molar-refractivity contribution < 1.29 is 14.3 Å². The van der Waals surface area contributed by atoms with Gasteiger partial charge in [-0.3, -0.25) is 0 Å². The lowest BCUT2D eigenvalue weighted by Gasteiger charge is -2.07. The molecule has 0 aromatic carbocycles. The summed E-state index contributed by atoms with van der Waals surface area (Å²) in [6, 6.07) is 0. The fourth-order valence-corrected chi connectivity index (χ4v) is 1.04. The molecular weight excluding hydrogens is 156 g/mol. The first-order valence-electron chi connectivity index (χ1n) is 4.12. The molecule has 12 heavy (non-hydrogen) atoms. The lowest BCUT2D eigenvalue weighted by Crippen LogP contribution is -2.16. The molecule has 1 heterocycles.